The minimum Gasteiger partial charge on any atom is -0.481 e. The number of carbonyl (C=O) groups is 2. The van der Waals surface area contributed by atoms with Gasteiger partial charge in [-0.05, 0) is 25.5 Å². The lowest BCUT2D eigenvalue weighted by Gasteiger charge is -2.25. The van der Waals surface area contributed by atoms with Crippen LogP contribution >= 0.6 is 0 Å². The Hall–Kier alpha value is -1.88. The first-order valence-corrected chi connectivity index (χ1v) is 6.13. The first-order valence-electron chi connectivity index (χ1n) is 6.13. The second kappa shape index (κ2) is 5.01. The molecule has 1 fully saturated rings. The molecular weight excluding hydrogens is 246 g/mol. The summed E-state index contributed by atoms with van der Waals surface area (Å²) in [5.41, 5.74) is 0.344. The Bertz CT molecular complexity index is 514. The zero-order valence-electron chi connectivity index (χ0n) is 11.0. The van der Waals surface area contributed by atoms with E-state index in [4.69, 9.17) is 4.74 Å². The molecule has 1 aliphatic heterocycles. The van der Waals surface area contributed by atoms with E-state index in [1.807, 2.05) is 19.1 Å². The van der Waals surface area contributed by atoms with Crippen molar-refractivity contribution in [3.8, 4) is 0 Å². The molecule has 2 atom stereocenters. The van der Waals surface area contributed by atoms with Crippen LogP contribution in [0.5, 0.6) is 0 Å². The minimum absolute atomic E-state index is 0.112. The van der Waals surface area contributed by atoms with Crippen LogP contribution < -0.4 is 5.32 Å². The van der Waals surface area contributed by atoms with Gasteiger partial charge in [-0.1, -0.05) is 18.2 Å². The third-order valence-corrected chi connectivity index (χ3v) is 3.64. The number of hydrogen-bond donors (Lipinski definition) is 2. The second-order valence-corrected chi connectivity index (χ2v) is 5.08. The van der Waals surface area contributed by atoms with E-state index in [1.54, 1.807) is 19.1 Å². The van der Waals surface area contributed by atoms with Gasteiger partial charge >= 0.3 is 5.97 Å². The van der Waals surface area contributed by atoms with Crippen molar-refractivity contribution in [2.75, 3.05) is 13.2 Å². The van der Waals surface area contributed by atoms with Crippen LogP contribution in [-0.4, -0.2) is 36.2 Å². The highest BCUT2D eigenvalue weighted by Crippen LogP contribution is 2.29. The van der Waals surface area contributed by atoms with Gasteiger partial charge in [-0.15, -0.1) is 0 Å². The number of amides is 1. The summed E-state index contributed by atoms with van der Waals surface area (Å²) >= 11 is 0. The molecule has 0 spiro atoms. The fourth-order valence-corrected chi connectivity index (χ4v) is 2.15. The summed E-state index contributed by atoms with van der Waals surface area (Å²) in [7, 11) is 0. The van der Waals surface area contributed by atoms with E-state index in [0.717, 1.165) is 5.56 Å². The number of aliphatic carboxylic acids is 1. The lowest BCUT2D eigenvalue weighted by Crippen LogP contribution is -2.49. The molecule has 0 aliphatic carbocycles. The molecule has 19 heavy (non-hydrogen) atoms. The Kier molecular flexibility index (Phi) is 3.57. The normalized spacial score (nSPS) is 26.1. The summed E-state index contributed by atoms with van der Waals surface area (Å²) in [6, 6.07) is 6.68. The number of ether oxygens (including phenoxy) is 1. The summed E-state index contributed by atoms with van der Waals surface area (Å²) in [5.74, 6) is -1.22. The van der Waals surface area contributed by atoms with E-state index in [-0.39, 0.29) is 19.1 Å². The molecule has 2 unspecified atom stereocenters. The van der Waals surface area contributed by atoms with Crippen LogP contribution in [-0.2, 0) is 9.53 Å². The molecule has 1 saturated heterocycles. The van der Waals surface area contributed by atoms with Crippen molar-refractivity contribution in [2.45, 2.75) is 19.9 Å². The molecule has 1 aliphatic rings. The molecule has 0 bridgehead atoms. The van der Waals surface area contributed by atoms with Crippen molar-refractivity contribution >= 4 is 11.9 Å². The zero-order chi connectivity index (χ0) is 14.0. The number of carbonyl (C=O) groups excluding carboxylic acids is 1. The number of aryl methyl sites for hydroxylation is 1. The van der Waals surface area contributed by atoms with E-state index in [1.165, 1.54) is 0 Å². The number of carboxylic acids is 1. The average Bonchev–Trinajstić information content (AvgIpc) is 2.73. The van der Waals surface area contributed by atoms with Crippen molar-refractivity contribution in [1.82, 2.24) is 5.32 Å². The van der Waals surface area contributed by atoms with Crippen LogP contribution in [0, 0.1) is 12.3 Å². The third kappa shape index (κ3) is 2.46. The van der Waals surface area contributed by atoms with Gasteiger partial charge < -0.3 is 15.2 Å². The highest BCUT2D eigenvalue weighted by Gasteiger charge is 2.47. The molecule has 5 heteroatoms. The fourth-order valence-electron chi connectivity index (χ4n) is 2.15. The molecule has 0 saturated carbocycles. The molecule has 0 aromatic heterocycles. The lowest BCUT2D eigenvalue weighted by molar-refractivity contribution is -0.148. The average molecular weight is 263 g/mol. The maximum Gasteiger partial charge on any atom is 0.313 e. The Labute approximate surface area is 111 Å². The van der Waals surface area contributed by atoms with Crippen molar-refractivity contribution < 1.29 is 19.4 Å². The molecule has 5 nitrogen and oxygen atoms in total. The second-order valence-electron chi connectivity index (χ2n) is 5.08. The number of rotatable bonds is 3. The smallest absolute Gasteiger partial charge is 0.313 e. The van der Waals surface area contributed by atoms with Gasteiger partial charge in [0.25, 0.3) is 5.91 Å². The topological polar surface area (TPSA) is 75.6 Å². The molecule has 1 heterocycles. The van der Waals surface area contributed by atoms with E-state index < -0.39 is 17.4 Å². The number of benzene rings is 1. The summed E-state index contributed by atoms with van der Waals surface area (Å²) in [6.07, 6.45) is 0. The Morgan fingerprint density at radius 2 is 2.11 bits per heavy atom. The van der Waals surface area contributed by atoms with Crippen LogP contribution in [0.3, 0.4) is 0 Å². The van der Waals surface area contributed by atoms with Gasteiger partial charge in [0.15, 0.2) is 0 Å². The van der Waals surface area contributed by atoms with Crippen molar-refractivity contribution in [1.29, 1.82) is 0 Å². The molecule has 2 N–H and O–H groups in total. The van der Waals surface area contributed by atoms with Crippen LogP contribution in [0.2, 0.25) is 0 Å². The summed E-state index contributed by atoms with van der Waals surface area (Å²) in [4.78, 5) is 23.5. The summed E-state index contributed by atoms with van der Waals surface area (Å²) in [6.45, 7) is 3.77. The van der Waals surface area contributed by atoms with Gasteiger partial charge in [0.05, 0.1) is 19.3 Å². The third-order valence-electron chi connectivity index (χ3n) is 3.64. The Morgan fingerprint density at radius 1 is 1.42 bits per heavy atom. The van der Waals surface area contributed by atoms with Gasteiger partial charge in [0, 0.05) is 5.56 Å². The highest BCUT2D eigenvalue weighted by molar-refractivity contribution is 5.96. The molecule has 102 valence electrons. The van der Waals surface area contributed by atoms with Crippen LogP contribution in [0.15, 0.2) is 24.3 Å². The fraction of sp³-hybridized carbons (Fsp3) is 0.429. The van der Waals surface area contributed by atoms with Gasteiger partial charge in [-0.3, -0.25) is 9.59 Å². The van der Waals surface area contributed by atoms with Gasteiger partial charge in [0.2, 0.25) is 0 Å². The maximum atomic E-state index is 12.2. The number of hydrogen-bond acceptors (Lipinski definition) is 3. The van der Waals surface area contributed by atoms with Crippen molar-refractivity contribution in [3.05, 3.63) is 35.4 Å². The Balaban J connectivity index is 2.16. The minimum atomic E-state index is -1.07. The number of nitrogens with one attached hydrogen (secondary N) is 1. The molecule has 1 amide bonds. The standard InChI is InChI=1S/C14H17NO4/c1-9-5-3-4-6-10(9)12(16)15-11-7-19-8-14(11,2)13(17)18/h3-6,11H,7-8H2,1-2H3,(H,15,16)(H,17,18). The molecule has 0 radical (unpaired) electrons. The van der Waals surface area contributed by atoms with Crippen molar-refractivity contribution in [2.24, 2.45) is 5.41 Å². The van der Waals surface area contributed by atoms with E-state index >= 15 is 0 Å². The lowest BCUT2D eigenvalue weighted by atomic mass is 9.85. The van der Waals surface area contributed by atoms with Gasteiger partial charge in [0.1, 0.15) is 5.41 Å². The molecule has 1 aromatic rings. The van der Waals surface area contributed by atoms with E-state index in [2.05, 4.69) is 5.32 Å². The first kappa shape index (κ1) is 13.5. The summed E-state index contributed by atoms with van der Waals surface area (Å²) < 4.78 is 5.21. The van der Waals surface area contributed by atoms with E-state index in [0.29, 0.717) is 5.56 Å². The van der Waals surface area contributed by atoms with E-state index in [9.17, 15) is 14.7 Å². The quantitative estimate of drug-likeness (QED) is 0.859. The predicted molar refractivity (Wildman–Crippen MR) is 69.0 cm³/mol. The van der Waals surface area contributed by atoms with Gasteiger partial charge in [-0.2, -0.15) is 0 Å². The summed E-state index contributed by atoms with van der Waals surface area (Å²) in [5, 5.41) is 12.0. The molecule has 2 rings (SSSR count). The van der Waals surface area contributed by atoms with Crippen LogP contribution in [0.25, 0.3) is 0 Å². The first-order chi connectivity index (χ1) is 8.95. The number of carboxylic acid groups (broad SMARTS) is 1. The monoisotopic (exact) mass is 263 g/mol. The highest BCUT2D eigenvalue weighted by atomic mass is 16.5. The van der Waals surface area contributed by atoms with Crippen LogP contribution in [0.1, 0.15) is 22.8 Å². The molecule has 1 aromatic carbocycles. The van der Waals surface area contributed by atoms with Crippen LogP contribution in [0.4, 0.5) is 0 Å². The molecular formula is C14H17NO4. The largest absolute Gasteiger partial charge is 0.481 e. The predicted octanol–water partition coefficient (Wildman–Crippen LogP) is 1.21. The Morgan fingerprint density at radius 3 is 2.74 bits per heavy atom. The van der Waals surface area contributed by atoms with Crippen molar-refractivity contribution in [3.63, 3.8) is 0 Å². The zero-order valence-corrected chi connectivity index (χ0v) is 11.0. The van der Waals surface area contributed by atoms with Gasteiger partial charge in [-0.25, -0.2) is 0 Å². The maximum absolute atomic E-state index is 12.2. The SMILES string of the molecule is Cc1ccccc1C(=O)NC1COCC1(C)C(=O)O.